The zero-order chi connectivity index (χ0) is 25.1. The minimum absolute atomic E-state index is 0.142. The SMILES string of the molecule is O=C(N[C@H]1CCOC[C@@H]1O)c1cc(Cc2ccc(C(=O)CCC3CCCC3)c(F)c2)c2c(n1)CCO2. The molecule has 1 aromatic carbocycles. The first-order valence-corrected chi connectivity index (χ1v) is 13.0. The van der Waals surface area contributed by atoms with E-state index in [0.717, 1.165) is 12.0 Å². The summed E-state index contributed by atoms with van der Waals surface area (Å²) in [6, 6.07) is 6.02. The Bertz CT molecular complexity index is 1130. The fraction of sp³-hybridized carbons (Fsp3) is 0.536. The molecule has 7 nitrogen and oxygen atoms in total. The van der Waals surface area contributed by atoms with Crippen molar-refractivity contribution >= 4 is 11.7 Å². The molecule has 8 heteroatoms. The molecule has 1 aromatic heterocycles. The maximum Gasteiger partial charge on any atom is 0.270 e. The van der Waals surface area contributed by atoms with Crippen LogP contribution in [0.4, 0.5) is 4.39 Å². The lowest BCUT2D eigenvalue weighted by Gasteiger charge is -2.28. The van der Waals surface area contributed by atoms with Crippen LogP contribution in [-0.4, -0.2) is 53.7 Å². The molecule has 5 rings (SSSR count). The molecule has 0 unspecified atom stereocenters. The molecule has 3 heterocycles. The summed E-state index contributed by atoms with van der Waals surface area (Å²) in [4.78, 5) is 30.0. The van der Waals surface area contributed by atoms with Crippen LogP contribution in [0.2, 0.25) is 0 Å². The van der Waals surface area contributed by atoms with Crippen LogP contribution < -0.4 is 10.1 Å². The second-order valence-corrected chi connectivity index (χ2v) is 10.2. The Morgan fingerprint density at radius 3 is 2.75 bits per heavy atom. The summed E-state index contributed by atoms with van der Waals surface area (Å²) < 4.78 is 25.9. The average Bonchev–Trinajstić information content (AvgIpc) is 3.56. The lowest BCUT2D eigenvalue weighted by molar-refractivity contribution is -0.0261. The van der Waals surface area contributed by atoms with E-state index in [-0.39, 0.29) is 29.6 Å². The molecule has 1 aliphatic carbocycles. The van der Waals surface area contributed by atoms with Crippen LogP contribution >= 0.6 is 0 Å². The summed E-state index contributed by atoms with van der Waals surface area (Å²) >= 11 is 0. The Balaban J connectivity index is 1.30. The topological polar surface area (TPSA) is 97.8 Å². The van der Waals surface area contributed by atoms with Gasteiger partial charge in [0.2, 0.25) is 0 Å². The largest absolute Gasteiger partial charge is 0.491 e. The van der Waals surface area contributed by atoms with Crippen molar-refractivity contribution in [2.45, 2.75) is 69.9 Å². The fourth-order valence-electron chi connectivity index (χ4n) is 5.50. The van der Waals surface area contributed by atoms with E-state index in [9.17, 15) is 19.1 Å². The van der Waals surface area contributed by atoms with E-state index in [1.54, 1.807) is 18.2 Å². The molecule has 1 saturated carbocycles. The quantitative estimate of drug-likeness (QED) is 0.540. The summed E-state index contributed by atoms with van der Waals surface area (Å²) in [5.41, 5.74) is 2.52. The van der Waals surface area contributed by atoms with Gasteiger partial charge in [-0.05, 0) is 42.5 Å². The summed E-state index contributed by atoms with van der Waals surface area (Å²) in [6.45, 7) is 1.14. The molecule has 1 amide bonds. The van der Waals surface area contributed by atoms with E-state index >= 15 is 0 Å². The zero-order valence-electron chi connectivity index (χ0n) is 20.4. The lowest BCUT2D eigenvalue weighted by Crippen LogP contribution is -2.48. The predicted molar refractivity (Wildman–Crippen MR) is 131 cm³/mol. The molecule has 1 saturated heterocycles. The van der Waals surface area contributed by atoms with Gasteiger partial charge in [0.25, 0.3) is 5.91 Å². The molecule has 2 fully saturated rings. The molecule has 2 aliphatic heterocycles. The van der Waals surface area contributed by atoms with Crippen LogP contribution in [0.5, 0.6) is 5.75 Å². The van der Waals surface area contributed by atoms with Gasteiger partial charge in [-0.15, -0.1) is 0 Å². The summed E-state index contributed by atoms with van der Waals surface area (Å²) in [5.74, 6) is 0.197. The number of hydrogen-bond donors (Lipinski definition) is 2. The van der Waals surface area contributed by atoms with Gasteiger partial charge in [0.1, 0.15) is 17.3 Å². The van der Waals surface area contributed by atoms with Crippen molar-refractivity contribution in [3.63, 3.8) is 0 Å². The smallest absolute Gasteiger partial charge is 0.270 e. The second-order valence-electron chi connectivity index (χ2n) is 10.2. The van der Waals surface area contributed by atoms with Crippen molar-refractivity contribution in [1.29, 1.82) is 0 Å². The predicted octanol–water partition coefficient (Wildman–Crippen LogP) is 3.78. The highest BCUT2D eigenvalue weighted by Crippen LogP contribution is 2.32. The van der Waals surface area contributed by atoms with E-state index in [1.807, 2.05) is 0 Å². The number of fused-ring (bicyclic) bond motifs is 1. The van der Waals surface area contributed by atoms with E-state index < -0.39 is 18.0 Å². The number of Topliss-reactive ketones (excluding diaryl/α,β-unsaturated/α-hetero) is 1. The lowest BCUT2D eigenvalue weighted by atomic mass is 9.95. The number of aliphatic hydroxyl groups excluding tert-OH is 1. The number of halogens is 1. The van der Waals surface area contributed by atoms with Gasteiger partial charge in [0.15, 0.2) is 5.78 Å². The van der Waals surface area contributed by atoms with Crippen LogP contribution in [0.15, 0.2) is 24.3 Å². The maximum absolute atomic E-state index is 14.9. The Kier molecular flexibility index (Phi) is 7.62. The number of carbonyl (C=O) groups is 2. The molecular formula is C28H33FN2O5. The van der Waals surface area contributed by atoms with E-state index in [4.69, 9.17) is 9.47 Å². The number of nitrogens with zero attached hydrogens (tertiary/aromatic N) is 1. The molecule has 36 heavy (non-hydrogen) atoms. The fourth-order valence-corrected chi connectivity index (χ4v) is 5.50. The molecular weight excluding hydrogens is 463 g/mol. The number of hydrogen-bond acceptors (Lipinski definition) is 6. The number of ether oxygens (including phenoxy) is 2. The highest BCUT2D eigenvalue weighted by atomic mass is 19.1. The Morgan fingerprint density at radius 2 is 1.97 bits per heavy atom. The van der Waals surface area contributed by atoms with Crippen molar-refractivity contribution < 1.29 is 28.6 Å². The molecule has 0 radical (unpaired) electrons. The van der Waals surface area contributed by atoms with E-state index in [1.165, 1.54) is 31.7 Å². The number of pyridine rings is 1. The first-order chi connectivity index (χ1) is 17.5. The zero-order valence-corrected chi connectivity index (χ0v) is 20.4. The molecule has 2 aromatic rings. The van der Waals surface area contributed by atoms with Gasteiger partial charge in [0, 0.05) is 31.4 Å². The van der Waals surface area contributed by atoms with Crippen LogP contribution in [0.3, 0.4) is 0 Å². The minimum Gasteiger partial charge on any atom is -0.491 e. The standard InChI is InChI=1S/C28H33FN2O5/c29-21-14-18(5-7-20(21)25(32)8-6-17-3-1-2-4-17)13-19-15-24(30-23-10-12-36-27(19)23)28(34)31-22-9-11-35-16-26(22)33/h5,7,14-15,17,22,26,33H,1-4,6,8-13,16H2,(H,31,34)/t22-,26-/m0/s1. The summed E-state index contributed by atoms with van der Waals surface area (Å²) in [5, 5.41) is 13.0. The van der Waals surface area contributed by atoms with Crippen LogP contribution in [0.1, 0.15) is 82.6 Å². The van der Waals surface area contributed by atoms with Crippen LogP contribution in [-0.2, 0) is 17.6 Å². The van der Waals surface area contributed by atoms with Crippen molar-refractivity contribution in [3.8, 4) is 5.75 Å². The highest BCUT2D eigenvalue weighted by molar-refractivity contribution is 5.96. The van der Waals surface area contributed by atoms with Gasteiger partial charge < -0.3 is 19.9 Å². The minimum atomic E-state index is -0.762. The summed E-state index contributed by atoms with van der Waals surface area (Å²) in [7, 11) is 0. The van der Waals surface area contributed by atoms with Crippen molar-refractivity contribution in [2.24, 2.45) is 5.92 Å². The number of benzene rings is 1. The third kappa shape index (κ3) is 5.60. The molecule has 3 aliphatic rings. The van der Waals surface area contributed by atoms with Crippen molar-refractivity contribution in [3.05, 3.63) is 58.2 Å². The monoisotopic (exact) mass is 496 g/mol. The number of carbonyl (C=O) groups excluding carboxylic acids is 2. The van der Waals surface area contributed by atoms with Gasteiger partial charge >= 0.3 is 0 Å². The van der Waals surface area contributed by atoms with Crippen LogP contribution in [0, 0.1) is 11.7 Å². The van der Waals surface area contributed by atoms with E-state index in [0.29, 0.717) is 61.8 Å². The van der Waals surface area contributed by atoms with Crippen LogP contribution in [0.25, 0.3) is 0 Å². The molecule has 2 atom stereocenters. The number of aromatic nitrogens is 1. The number of rotatable bonds is 8. The average molecular weight is 497 g/mol. The Labute approximate surface area is 210 Å². The summed E-state index contributed by atoms with van der Waals surface area (Å²) in [6.07, 6.45) is 6.70. The van der Waals surface area contributed by atoms with Gasteiger partial charge in [0.05, 0.1) is 36.6 Å². The van der Waals surface area contributed by atoms with Crippen molar-refractivity contribution in [1.82, 2.24) is 10.3 Å². The normalized spacial score (nSPS) is 21.7. The number of amides is 1. The maximum atomic E-state index is 14.9. The van der Waals surface area contributed by atoms with Gasteiger partial charge in [-0.25, -0.2) is 9.37 Å². The number of ketones is 1. The first-order valence-electron chi connectivity index (χ1n) is 13.0. The molecule has 0 bridgehead atoms. The molecule has 192 valence electrons. The molecule has 0 spiro atoms. The Hall–Kier alpha value is -2.84. The van der Waals surface area contributed by atoms with Crippen molar-refractivity contribution in [2.75, 3.05) is 19.8 Å². The third-order valence-corrected chi connectivity index (χ3v) is 7.56. The van der Waals surface area contributed by atoms with E-state index in [2.05, 4.69) is 10.3 Å². The van der Waals surface area contributed by atoms with Gasteiger partial charge in [-0.3, -0.25) is 9.59 Å². The highest BCUT2D eigenvalue weighted by Gasteiger charge is 2.28. The Morgan fingerprint density at radius 1 is 1.14 bits per heavy atom. The second kappa shape index (κ2) is 11.0. The van der Waals surface area contributed by atoms with Gasteiger partial charge in [-0.2, -0.15) is 0 Å². The molecule has 2 N–H and O–H groups in total. The number of aliphatic hydroxyl groups is 1. The van der Waals surface area contributed by atoms with Gasteiger partial charge in [-0.1, -0.05) is 31.7 Å². The number of nitrogens with one attached hydrogen (secondary N) is 1. The third-order valence-electron chi connectivity index (χ3n) is 7.56. The first kappa shape index (κ1) is 24.8.